The Bertz CT molecular complexity index is 1670. The molecule has 3 aromatic carbocycles. The normalized spacial score (nSPS) is 29.9. The highest BCUT2D eigenvalue weighted by Crippen LogP contribution is 2.61. The van der Waals surface area contributed by atoms with E-state index in [-0.39, 0.29) is 10.8 Å². The molecule has 3 heteroatoms. The van der Waals surface area contributed by atoms with E-state index in [2.05, 4.69) is 67.6 Å². The van der Waals surface area contributed by atoms with Gasteiger partial charge in [-0.1, -0.05) is 107 Å². The van der Waals surface area contributed by atoms with Crippen LogP contribution in [0.4, 0.5) is 5.69 Å². The van der Waals surface area contributed by atoms with Gasteiger partial charge >= 0.3 is 0 Å². The average molecular weight is 672 g/mol. The Morgan fingerprint density at radius 1 is 0.620 bits per heavy atom. The van der Waals surface area contributed by atoms with Crippen LogP contribution >= 0.6 is 0 Å². The van der Waals surface area contributed by atoms with Crippen LogP contribution in [-0.2, 0) is 10.8 Å². The molecule has 266 valence electrons. The highest BCUT2D eigenvalue weighted by molar-refractivity contribution is 5.53. The van der Waals surface area contributed by atoms with E-state index in [9.17, 15) is 10.0 Å². The minimum atomic E-state index is 0.0259. The number of fused-ring (bicyclic) bond motifs is 2. The summed E-state index contributed by atoms with van der Waals surface area (Å²) in [6.45, 7) is 4.88. The van der Waals surface area contributed by atoms with Crippen molar-refractivity contribution in [3.8, 4) is 5.75 Å². The van der Waals surface area contributed by atoms with Gasteiger partial charge in [0.05, 0.1) is 0 Å². The van der Waals surface area contributed by atoms with Crippen molar-refractivity contribution in [2.45, 2.75) is 177 Å². The lowest BCUT2D eigenvalue weighted by molar-refractivity contribution is 0.0744. The maximum atomic E-state index is 12.2. The van der Waals surface area contributed by atoms with Gasteiger partial charge in [-0.25, -0.2) is 0 Å². The minimum absolute atomic E-state index is 0.0259. The van der Waals surface area contributed by atoms with E-state index in [0.29, 0.717) is 35.1 Å². The smallest absolute Gasteiger partial charge is 0.119 e. The van der Waals surface area contributed by atoms with Crippen LogP contribution in [0.25, 0.3) is 0 Å². The molecule has 4 atom stereocenters. The second-order valence-corrected chi connectivity index (χ2v) is 18.2. The number of benzene rings is 3. The van der Waals surface area contributed by atoms with Gasteiger partial charge in [0.1, 0.15) is 11.4 Å². The molecule has 5 aliphatic carbocycles. The molecule has 5 aliphatic rings. The fourth-order valence-corrected chi connectivity index (χ4v) is 12.4. The van der Waals surface area contributed by atoms with Crippen molar-refractivity contribution in [2.24, 2.45) is 11.1 Å². The Labute approximate surface area is 302 Å². The summed E-state index contributed by atoms with van der Waals surface area (Å²) in [5.74, 6) is 3.32. The third kappa shape index (κ3) is 6.61. The summed E-state index contributed by atoms with van der Waals surface area (Å²) >= 11 is 0. The van der Waals surface area contributed by atoms with Gasteiger partial charge in [0.15, 0.2) is 0 Å². The van der Waals surface area contributed by atoms with Crippen LogP contribution in [0.2, 0.25) is 0 Å². The third-order valence-electron chi connectivity index (χ3n) is 14.8. The first kappa shape index (κ1) is 34.2. The van der Waals surface area contributed by atoms with E-state index in [1.54, 1.807) is 11.1 Å². The molecule has 0 spiro atoms. The van der Waals surface area contributed by atoms with Gasteiger partial charge in [0.25, 0.3) is 0 Å². The van der Waals surface area contributed by atoms with Crippen molar-refractivity contribution < 1.29 is 5.11 Å². The molecule has 50 heavy (non-hydrogen) atoms. The number of rotatable bonds is 7. The van der Waals surface area contributed by atoms with E-state index in [1.165, 1.54) is 143 Å². The quantitative estimate of drug-likeness (QED) is 0.254. The van der Waals surface area contributed by atoms with Crippen molar-refractivity contribution in [3.05, 3.63) is 98.4 Å². The van der Waals surface area contributed by atoms with Gasteiger partial charge in [-0.3, -0.25) is 0 Å². The molecular weight excluding hydrogens is 611 g/mol. The summed E-state index contributed by atoms with van der Waals surface area (Å²) < 4.78 is 0. The van der Waals surface area contributed by atoms with E-state index >= 15 is 0 Å². The molecule has 0 heterocycles. The lowest BCUT2D eigenvalue weighted by Gasteiger charge is -2.56. The van der Waals surface area contributed by atoms with Crippen LogP contribution in [0.15, 0.2) is 59.8 Å². The molecule has 1 N–H and O–H groups in total. The second kappa shape index (κ2) is 14.2. The molecule has 4 unspecified atom stereocenters. The number of hydrogen-bond donors (Lipinski definition) is 1. The van der Waals surface area contributed by atoms with E-state index < -0.39 is 0 Å². The van der Waals surface area contributed by atoms with Crippen molar-refractivity contribution in [1.82, 2.24) is 0 Å². The van der Waals surface area contributed by atoms with Gasteiger partial charge in [0, 0.05) is 0 Å². The predicted molar refractivity (Wildman–Crippen MR) is 207 cm³/mol. The van der Waals surface area contributed by atoms with Gasteiger partial charge in [-0.2, -0.15) is 0 Å². The SMILES string of the molecule is Cc1ccc(C2CC3CC(C)(c4ccc(O)c(C5CCCCC5)c4)CC(c4ccc(N=O)c(C5CCCCC5)c4)(C3)C2)cc1C1CCCCC1. The van der Waals surface area contributed by atoms with Crippen LogP contribution in [0.1, 0.15) is 198 Å². The summed E-state index contributed by atoms with van der Waals surface area (Å²) in [7, 11) is 0. The number of nitroso groups, excluding NO2 is 1. The molecule has 3 nitrogen and oxygen atoms in total. The molecule has 5 fully saturated rings. The Hall–Kier alpha value is -2.94. The number of aromatic hydroxyl groups is 1. The first-order valence-electron chi connectivity index (χ1n) is 20.8. The van der Waals surface area contributed by atoms with E-state index in [0.717, 1.165) is 18.8 Å². The fourth-order valence-electron chi connectivity index (χ4n) is 12.4. The molecule has 0 aliphatic heterocycles. The fraction of sp³-hybridized carbons (Fsp3) is 0.617. The zero-order chi connectivity index (χ0) is 34.3. The van der Waals surface area contributed by atoms with Crippen LogP contribution in [0.5, 0.6) is 5.75 Å². The van der Waals surface area contributed by atoms with Crippen molar-refractivity contribution in [1.29, 1.82) is 0 Å². The molecule has 3 aromatic rings. The summed E-state index contributed by atoms with van der Waals surface area (Å²) in [5.41, 5.74) is 10.7. The van der Waals surface area contributed by atoms with Crippen molar-refractivity contribution >= 4 is 5.69 Å². The monoisotopic (exact) mass is 671 g/mol. The molecule has 8 rings (SSSR count). The maximum Gasteiger partial charge on any atom is 0.119 e. The number of nitrogens with zero attached hydrogens (tertiary/aromatic N) is 1. The van der Waals surface area contributed by atoms with Crippen LogP contribution in [0.3, 0.4) is 0 Å². The summed E-state index contributed by atoms with van der Waals surface area (Å²) in [6, 6.07) is 21.1. The van der Waals surface area contributed by atoms with Crippen molar-refractivity contribution in [3.63, 3.8) is 0 Å². The summed E-state index contributed by atoms with van der Waals surface area (Å²) in [4.78, 5) is 12.2. The minimum Gasteiger partial charge on any atom is -0.508 e. The summed E-state index contributed by atoms with van der Waals surface area (Å²) in [6.07, 6.45) is 25.2. The number of phenolic OH excluding ortho intramolecular Hbond substituents is 1. The molecule has 2 bridgehead atoms. The molecule has 0 saturated heterocycles. The third-order valence-corrected chi connectivity index (χ3v) is 14.8. The van der Waals surface area contributed by atoms with Gasteiger partial charge < -0.3 is 5.11 Å². The number of hydrogen-bond acceptors (Lipinski definition) is 3. The van der Waals surface area contributed by atoms with Crippen LogP contribution in [0, 0.1) is 17.7 Å². The number of phenols is 1. The molecule has 0 amide bonds. The molecular formula is C47H61NO2. The Kier molecular flexibility index (Phi) is 9.72. The lowest BCUT2D eigenvalue weighted by Crippen LogP contribution is -2.48. The topological polar surface area (TPSA) is 49.7 Å². The lowest BCUT2D eigenvalue weighted by atomic mass is 9.48. The van der Waals surface area contributed by atoms with Gasteiger partial charge in [-0.05, 0) is 174 Å². The Morgan fingerprint density at radius 2 is 1.22 bits per heavy atom. The summed E-state index contributed by atoms with van der Waals surface area (Å²) in [5, 5.41) is 14.7. The average Bonchev–Trinajstić information content (AvgIpc) is 3.15. The molecule has 5 saturated carbocycles. The first-order chi connectivity index (χ1) is 24.3. The zero-order valence-corrected chi connectivity index (χ0v) is 31.0. The van der Waals surface area contributed by atoms with Gasteiger partial charge in [-0.15, -0.1) is 4.91 Å². The number of aryl methyl sites for hydroxylation is 1. The van der Waals surface area contributed by atoms with E-state index in [4.69, 9.17) is 0 Å². The molecule has 0 aromatic heterocycles. The largest absolute Gasteiger partial charge is 0.508 e. The zero-order valence-electron chi connectivity index (χ0n) is 31.0. The Morgan fingerprint density at radius 3 is 1.88 bits per heavy atom. The van der Waals surface area contributed by atoms with Crippen LogP contribution in [-0.4, -0.2) is 5.11 Å². The van der Waals surface area contributed by atoms with Crippen LogP contribution < -0.4 is 0 Å². The highest BCUT2D eigenvalue weighted by Gasteiger charge is 2.52. The standard InChI is InChI=1S/C47H61NO2/c1-32-18-19-37(25-41(32)34-12-6-3-7-13-34)38-24-33-28-46(2,39-21-23-45(49)43(26-39)36-16-10-5-11-17-36)31-47(29-33,30-38)40-20-22-44(48-50)42(27-40)35-14-8-4-9-15-35/h18-23,25-27,33-36,38,49H,3-17,24,28-31H2,1-2H3. The first-order valence-corrected chi connectivity index (χ1v) is 20.8. The van der Waals surface area contributed by atoms with Gasteiger partial charge in [0.2, 0.25) is 0 Å². The Balaban J connectivity index is 1.20. The predicted octanol–water partition coefficient (Wildman–Crippen LogP) is 13.8. The van der Waals surface area contributed by atoms with E-state index in [1.807, 2.05) is 6.07 Å². The molecule has 0 radical (unpaired) electrons. The van der Waals surface area contributed by atoms with Crippen molar-refractivity contribution in [2.75, 3.05) is 0 Å². The highest BCUT2D eigenvalue weighted by atomic mass is 16.3. The second-order valence-electron chi connectivity index (χ2n) is 18.2. The maximum absolute atomic E-state index is 12.2.